The molecule has 0 atom stereocenters. The zero-order valence-corrected chi connectivity index (χ0v) is 15.3. The maximum atomic E-state index is 12.6. The van der Waals surface area contributed by atoms with Gasteiger partial charge in [0.2, 0.25) is 0 Å². The van der Waals surface area contributed by atoms with Gasteiger partial charge in [-0.3, -0.25) is 9.78 Å². The Morgan fingerprint density at radius 1 is 0.962 bits per heavy atom. The molecule has 0 radical (unpaired) electrons. The number of anilines is 2. The average molecular weight is 345 g/mol. The fraction of sp³-hybridized carbons (Fsp3) is 0.182. The number of benzene rings is 2. The topological polar surface area (TPSA) is 54.0 Å². The average Bonchev–Trinajstić information content (AvgIpc) is 2.65. The van der Waals surface area contributed by atoms with Crippen molar-refractivity contribution in [3.8, 4) is 0 Å². The molecule has 1 amide bonds. The highest BCUT2D eigenvalue weighted by atomic mass is 16.1. The molecule has 3 aromatic rings. The van der Waals surface area contributed by atoms with Gasteiger partial charge in [0, 0.05) is 24.6 Å². The van der Waals surface area contributed by atoms with E-state index in [0.29, 0.717) is 12.1 Å². The molecule has 2 N–H and O–H groups in total. The fourth-order valence-electron chi connectivity index (χ4n) is 2.75. The van der Waals surface area contributed by atoms with Crippen molar-refractivity contribution in [2.45, 2.75) is 27.3 Å². The van der Waals surface area contributed by atoms with E-state index < -0.39 is 0 Å². The van der Waals surface area contributed by atoms with Crippen LogP contribution in [0.2, 0.25) is 0 Å². The highest BCUT2D eigenvalue weighted by molar-refractivity contribution is 6.05. The van der Waals surface area contributed by atoms with E-state index in [4.69, 9.17) is 0 Å². The van der Waals surface area contributed by atoms with Crippen LogP contribution in [0.25, 0.3) is 0 Å². The minimum absolute atomic E-state index is 0.161. The van der Waals surface area contributed by atoms with Crippen molar-refractivity contribution in [2.75, 3.05) is 10.6 Å². The molecule has 3 rings (SSSR count). The summed E-state index contributed by atoms with van der Waals surface area (Å²) >= 11 is 0. The number of amides is 1. The molecule has 1 heterocycles. The Bertz CT molecular complexity index is 934. The third-order valence-electron chi connectivity index (χ3n) is 4.60. The molecule has 0 spiro atoms. The Labute approximate surface area is 154 Å². The molecule has 26 heavy (non-hydrogen) atoms. The molecule has 0 aliphatic heterocycles. The summed E-state index contributed by atoms with van der Waals surface area (Å²) < 4.78 is 0. The van der Waals surface area contributed by atoms with Gasteiger partial charge in [0.05, 0.1) is 11.3 Å². The first-order chi connectivity index (χ1) is 12.5. The van der Waals surface area contributed by atoms with Crippen LogP contribution >= 0.6 is 0 Å². The van der Waals surface area contributed by atoms with Gasteiger partial charge in [-0.15, -0.1) is 0 Å². The molecule has 0 saturated heterocycles. The van der Waals surface area contributed by atoms with E-state index in [1.165, 1.54) is 11.1 Å². The van der Waals surface area contributed by atoms with Crippen LogP contribution in [-0.4, -0.2) is 10.9 Å². The lowest BCUT2D eigenvalue weighted by Crippen LogP contribution is -2.14. The van der Waals surface area contributed by atoms with Gasteiger partial charge in [-0.25, -0.2) is 0 Å². The van der Waals surface area contributed by atoms with Gasteiger partial charge in [-0.2, -0.15) is 0 Å². The summed E-state index contributed by atoms with van der Waals surface area (Å²) in [5, 5.41) is 6.31. The highest BCUT2D eigenvalue weighted by Crippen LogP contribution is 2.19. The Kier molecular flexibility index (Phi) is 5.32. The second-order valence-corrected chi connectivity index (χ2v) is 6.44. The second kappa shape index (κ2) is 7.83. The van der Waals surface area contributed by atoms with Gasteiger partial charge in [-0.1, -0.05) is 36.4 Å². The number of rotatable bonds is 5. The van der Waals surface area contributed by atoms with E-state index in [1.807, 2.05) is 50.2 Å². The second-order valence-electron chi connectivity index (χ2n) is 6.44. The van der Waals surface area contributed by atoms with Gasteiger partial charge in [-0.05, 0) is 55.2 Å². The lowest BCUT2D eigenvalue weighted by Gasteiger charge is -2.12. The highest BCUT2D eigenvalue weighted by Gasteiger charge is 2.10. The lowest BCUT2D eigenvalue weighted by atomic mass is 10.1. The summed E-state index contributed by atoms with van der Waals surface area (Å²) in [6, 6.07) is 15.9. The number of hydrogen-bond acceptors (Lipinski definition) is 3. The van der Waals surface area contributed by atoms with Crippen LogP contribution in [0.3, 0.4) is 0 Å². The van der Waals surface area contributed by atoms with Crippen LogP contribution in [0.1, 0.15) is 32.6 Å². The lowest BCUT2D eigenvalue weighted by molar-refractivity contribution is 0.102. The summed E-state index contributed by atoms with van der Waals surface area (Å²) in [5.74, 6) is -0.161. The first kappa shape index (κ1) is 17.7. The number of carbonyl (C=O) groups excluding carboxylic acids is 1. The molecule has 0 aliphatic carbocycles. The number of nitrogens with one attached hydrogen (secondary N) is 2. The van der Waals surface area contributed by atoms with Crippen molar-refractivity contribution in [3.63, 3.8) is 0 Å². The Hall–Kier alpha value is -3.14. The number of aryl methyl sites for hydroxylation is 2. The van der Waals surface area contributed by atoms with Crippen LogP contribution in [0.15, 0.2) is 60.9 Å². The van der Waals surface area contributed by atoms with E-state index in [9.17, 15) is 4.79 Å². The Morgan fingerprint density at radius 2 is 1.73 bits per heavy atom. The van der Waals surface area contributed by atoms with Crippen molar-refractivity contribution in [1.82, 2.24) is 4.98 Å². The largest absolute Gasteiger partial charge is 0.380 e. The van der Waals surface area contributed by atoms with E-state index in [0.717, 1.165) is 22.5 Å². The maximum Gasteiger partial charge on any atom is 0.257 e. The van der Waals surface area contributed by atoms with Gasteiger partial charge in [0.15, 0.2) is 0 Å². The standard InChI is InChI=1S/C22H23N3O/c1-15-8-6-10-21(17(15)3)25-22(26)19-11-20(14-23-12-19)24-13-18-9-5-4-7-16(18)2/h4-12,14,24H,13H2,1-3H3,(H,25,26). The van der Waals surface area contributed by atoms with Gasteiger partial charge >= 0.3 is 0 Å². The summed E-state index contributed by atoms with van der Waals surface area (Å²) in [6.07, 6.45) is 3.31. The number of pyridine rings is 1. The van der Waals surface area contributed by atoms with Crippen molar-refractivity contribution in [1.29, 1.82) is 0 Å². The zero-order valence-electron chi connectivity index (χ0n) is 15.3. The smallest absolute Gasteiger partial charge is 0.257 e. The third kappa shape index (κ3) is 4.09. The molecule has 0 unspecified atom stereocenters. The molecule has 0 fully saturated rings. The molecule has 0 aliphatic rings. The van der Waals surface area contributed by atoms with E-state index in [1.54, 1.807) is 12.4 Å². The predicted octanol–water partition coefficient (Wildman–Crippen LogP) is 4.87. The van der Waals surface area contributed by atoms with Gasteiger partial charge in [0.1, 0.15) is 0 Å². The molecular formula is C22H23N3O. The van der Waals surface area contributed by atoms with E-state index in [2.05, 4.69) is 34.7 Å². The van der Waals surface area contributed by atoms with Gasteiger partial charge in [0.25, 0.3) is 5.91 Å². The molecule has 2 aromatic carbocycles. The summed E-state index contributed by atoms with van der Waals surface area (Å²) in [7, 11) is 0. The third-order valence-corrected chi connectivity index (χ3v) is 4.60. The van der Waals surface area contributed by atoms with E-state index in [-0.39, 0.29) is 5.91 Å². The number of hydrogen-bond donors (Lipinski definition) is 2. The molecule has 1 aromatic heterocycles. The van der Waals surface area contributed by atoms with Crippen molar-refractivity contribution >= 4 is 17.3 Å². The number of carbonyl (C=O) groups is 1. The Balaban J connectivity index is 1.71. The fourth-order valence-corrected chi connectivity index (χ4v) is 2.75. The van der Waals surface area contributed by atoms with Crippen LogP contribution in [-0.2, 0) is 6.54 Å². The molecular weight excluding hydrogens is 322 g/mol. The molecule has 0 saturated carbocycles. The summed E-state index contributed by atoms with van der Waals surface area (Å²) in [6.45, 7) is 6.81. The number of nitrogens with zero attached hydrogens (tertiary/aromatic N) is 1. The monoisotopic (exact) mass is 345 g/mol. The van der Waals surface area contributed by atoms with Crippen LogP contribution in [0, 0.1) is 20.8 Å². The maximum absolute atomic E-state index is 12.6. The first-order valence-electron chi connectivity index (χ1n) is 8.65. The summed E-state index contributed by atoms with van der Waals surface area (Å²) in [4.78, 5) is 16.8. The number of aromatic nitrogens is 1. The van der Waals surface area contributed by atoms with Crippen molar-refractivity contribution < 1.29 is 4.79 Å². The Morgan fingerprint density at radius 3 is 2.54 bits per heavy atom. The first-order valence-corrected chi connectivity index (χ1v) is 8.65. The van der Waals surface area contributed by atoms with Crippen LogP contribution in [0.5, 0.6) is 0 Å². The van der Waals surface area contributed by atoms with Crippen LogP contribution < -0.4 is 10.6 Å². The SMILES string of the molecule is Cc1ccccc1CNc1cncc(C(=O)Nc2cccc(C)c2C)c1. The van der Waals surface area contributed by atoms with E-state index >= 15 is 0 Å². The molecule has 4 heteroatoms. The quantitative estimate of drug-likeness (QED) is 0.693. The normalized spacial score (nSPS) is 10.4. The van der Waals surface area contributed by atoms with Gasteiger partial charge < -0.3 is 10.6 Å². The van der Waals surface area contributed by atoms with Crippen LogP contribution in [0.4, 0.5) is 11.4 Å². The minimum atomic E-state index is -0.161. The van der Waals surface area contributed by atoms with Crippen molar-refractivity contribution in [2.24, 2.45) is 0 Å². The zero-order chi connectivity index (χ0) is 18.5. The molecule has 4 nitrogen and oxygen atoms in total. The van der Waals surface area contributed by atoms with Crippen molar-refractivity contribution in [3.05, 3.63) is 88.7 Å². The predicted molar refractivity (Wildman–Crippen MR) is 107 cm³/mol. The minimum Gasteiger partial charge on any atom is -0.380 e. The molecule has 132 valence electrons. The molecule has 0 bridgehead atoms. The summed E-state index contributed by atoms with van der Waals surface area (Å²) in [5.41, 5.74) is 6.85.